The van der Waals surface area contributed by atoms with Crippen LogP contribution in [-0.2, 0) is 6.54 Å². The highest BCUT2D eigenvalue weighted by Gasteiger charge is 2.26. The van der Waals surface area contributed by atoms with Crippen molar-refractivity contribution >= 4 is 17.1 Å². The van der Waals surface area contributed by atoms with Crippen LogP contribution in [0.5, 0.6) is 0 Å². The Labute approximate surface area is 211 Å². The fourth-order valence-corrected chi connectivity index (χ4v) is 5.22. The number of hydrogen-bond acceptors (Lipinski definition) is 4. The summed E-state index contributed by atoms with van der Waals surface area (Å²) in [6.45, 7) is 7.62. The van der Waals surface area contributed by atoms with Gasteiger partial charge in [0, 0.05) is 23.7 Å². The number of imidazole rings is 1. The summed E-state index contributed by atoms with van der Waals surface area (Å²) in [4.78, 5) is 40.1. The van der Waals surface area contributed by atoms with Gasteiger partial charge in [-0.15, -0.1) is 0 Å². The highest BCUT2D eigenvalue weighted by atomic mass is 16.2. The van der Waals surface area contributed by atoms with E-state index in [1.807, 2.05) is 47.4 Å². The average Bonchev–Trinajstić information content (AvgIpc) is 3.22. The molecule has 4 aromatic rings. The first-order valence-electron chi connectivity index (χ1n) is 12.9. The van der Waals surface area contributed by atoms with Crippen LogP contribution in [0.3, 0.4) is 0 Å². The van der Waals surface area contributed by atoms with Gasteiger partial charge in [-0.3, -0.25) is 9.36 Å². The highest BCUT2D eigenvalue weighted by Crippen LogP contribution is 2.27. The number of fused-ring (bicyclic) bond motifs is 1. The third-order valence-corrected chi connectivity index (χ3v) is 7.24. The van der Waals surface area contributed by atoms with Crippen molar-refractivity contribution in [3.8, 4) is 11.4 Å². The maximum Gasteiger partial charge on any atom is 0.328 e. The summed E-state index contributed by atoms with van der Waals surface area (Å²) in [5, 5.41) is 0. The molecular weight excluding hydrogens is 450 g/mol. The van der Waals surface area contributed by atoms with Crippen LogP contribution < -0.4 is 5.69 Å². The molecular formula is C29H33N5O2. The van der Waals surface area contributed by atoms with Crippen molar-refractivity contribution in [2.75, 3.05) is 6.54 Å². The van der Waals surface area contributed by atoms with Crippen LogP contribution in [-0.4, -0.2) is 42.9 Å². The van der Waals surface area contributed by atoms with Gasteiger partial charge in [-0.1, -0.05) is 57.2 Å². The molecule has 1 aliphatic rings. The molecule has 7 heteroatoms. The number of carbonyl (C=O) groups is 1. The van der Waals surface area contributed by atoms with Gasteiger partial charge in [0.25, 0.3) is 5.91 Å². The normalized spacial score (nSPS) is 16.1. The van der Waals surface area contributed by atoms with Crippen LogP contribution in [0.1, 0.15) is 73.9 Å². The molecule has 1 saturated heterocycles. The van der Waals surface area contributed by atoms with Gasteiger partial charge in [0.1, 0.15) is 5.52 Å². The molecule has 1 atom stereocenters. The summed E-state index contributed by atoms with van der Waals surface area (Å²) in [7, 11) is 0. The second kappa shape index (κ2) is 10.1. The summed E-state index contributed by atoms with van der Waals surface area (Å²) in [5.41, 5.74) is 4.72. The second-order valence-corrected chi connectivity index (χ2v) is 9.94. The Balaban J connectivity index is 1.43. The molecule has 2 aromatic carbocycles. The van der Waals surface area contributed by atoms with Crippen molar-refractivity contribution in [2.45, 2.75) is 65.0 Å². The molecule has 0 saturated carbocycles. The van der Waals surface area contributed by atoms with Crippen molar-refractivity contribution in [1.82, 2.24) is 24.4 Å². The Hall–Kier alpha value is -3.74. The third-order valence-electron chi connectivity index (χ3n) is 7.24. The summed E-state index contributed by atoms with van der Waals surface area (Å²) < 4.78 is 1.63. The summed E-state index contributed by atoms with van der Waals surface area (Å²) in [5.74, 6) is 1.03. The minimum Gasteiger partial charge on any atom is -0.336 e. The summed E-state index contributed by atoms with van der Waals surface area (Å²) in [6.07, 6.45) is 6.00. The number of amides is 1. The molecule has 1 fully saturated rings. The minimum atomic E-state index is -0.229. The fraction of sp³-hybridized carbons (Fsp3) is 0.379. The van der Waals surface area contributed by atoms with Crippen LogP contribution >= 0.6 is 0 Å². The number of carbonyl (C=O) groups excluding carboxylic acids is 1. The van der Waals surface area contributed by atoms with Gasteiger partial charge in [-0.25, -0.2) is 14.8 Å². The maximum absolute atomic E-state index is 13.1. The Morgan fingerprint density at radius 2 is 1.89 bits per heavy atom. The van der Waals surface area contributed by atoms with E-state index < -0.39 is 0 Å². The molecule has 0 unspecified atom stereocenters. The lowest BCUT2D eigenvalue weighted by atomic mass is 9.97. The zero-order valence-electron chi connectivity index (χ0n) is 21.2. The number of aromatic nitrogens is 4. The zero-order chi connectivity index (χ0) is 25.2. The van der Waals surface area contributed by atoms with Crippen molar-refractivity contribution in [1.29, 1.82) is 0 Å². The molecule has 5 rings (SSSR count). The van der Waals surface area contributed by atoms with E-state index in [-0.39, 0.29) is 11.6 Å². The van der Waals surface area contributed by atoms with E-state index in [2.05, 4.69) is 36.8 Å². The smallest absolute Gasteiger partial charge is 0.328 e. The van der Waals surface area contributed by atoms with E-state index in [1.165, 1.54) is 12.0 Å². The second-order valence-electron chi connectivity index (χ2n) is 9.94. The Bertz CT molecular complexity index is 1430. The van der Waals surface area contributed by atoms with Crippen molar-refractivity contribution in [3.63, 3.8) is 0 Å². The number of benzene rings is 2. The van der Waals surface area contributed by atoms with Gasteiger partial charge in [0.15, 0.2) is 11.5 Å². The van der Waals surface area contributed by atoms with Gasteiger partial charge in [0.2, 0.25) is 0 Å². The lowest BCUT2D eigenvalue weighted by Gasteiger charge is -2.35. The number of hydrogen-bond donors (Lipinski definition) is 1. The van der Waals surface area contributed by atoms with Gasteiger partial charge >= 0.3 is 5.69 Å². The highest BCUT2D eigenvalue weighted by molar-refractivity contribution is 5.94. The zero-order valence-corrected chi connectivity index (χ0v) is 21.2. The lowest BCUT2D eigenvalue weighted by Crippen LogP contribution is -2.43. The molecule has 1 N–H and O–H groups in total. The number of likely N-dealkylation sites (tertiary alicyclic amines) is 1. The fourth-order valence-electron chi connectivity index (χ4n) is 5.22. The first-order chi connectivity index (χ1) is 17.5. The Morgan fingerprint density at radius 1 is 1.11 bits per heavy atom. The quantitative estimate of drug-likeness (QED) is 0.400. The van der Waals surface area contributed by atoms with Gasteiger partial charge in [0.05, 0.1) is 12.7 Å². The number of nitrogens with zero attached hydrogens (tertiary/aromatic N) is 4. The summed E-state index contributed by atoms with van der Waals surface area (Å²) in [6, 6.07) is 16.0. The molecule has 0 aliphatic carbocycles. The predicted molar refractivity (Wildman–Crippen MR) is 142 cm³/mol. The van der Waals surface area contributed by atoms with Crippen molar-refractivity contribution in [3.05, 3.63) is 81.9 Å². The molecule has 2 aromatic heterocycles. The van der Waals surface area contributed by atoms with Crippen LogP contribution in [0.2, 0.25) is 0 Å². The van der Waals surface area contributed by atoms with E-state index in [4.69, 9.17) is 4.98 Å². The van der Waals surface area contributed by atoms with Crippen LogP contribution in [0, 0.1) is 0 Å². The van der Waals surface area contributed by atoms with Crippen LogP contribution in [0.4, 0.5) is 0 Å². The van der Waals surface area contributed by atoms with Gasteiger partial charge in [-0.05, 0) is 54.9 Å². The summed E-state index contributed by atoms with van der Waals surface area (Å²) >= 11 is 0. The van der Waals surface area contributed by atoms with Gasteiger partial charge < -0.3 is 9.88 Å². The topological polar surface area (TPSA) is 83.9 Å². The van der Waals surface area contributed by atoms with E-state index in [1.54, 1.807) is 10.8 Å². The molecule has 3 heterocycles. The molecule has 0 radical (unpaired) electrons. The monoisotopic (exact) mass is 483 g/mol. The number of nitrogens with one attached hydrogen (secondary N) is 1. The molecule has 1 aliphatic heterocycles. The average molecular weight is 484 g/mol. The first kappa shape index (κ1) is 24.0. The number of H-pyrrole nitrogens is 1. The molecule has 36 heavy (non-hydrogen) atoms. The van der Waals surface area contributed by atoms with E-state index in [0.29, 0.717) is 41.1 Å². The lowest BCUT2D eigenvalue weighted by molar-refractivity contribution is 0.0608. The van der Waals surface area contributed by atoms with E-state index in [9.17, 15) is 9.59 Å². The number of rotatable bonds is 6. The van der Waals surface area contributed by atoms with E-state index in [0.717, 1.165) is 36.9 Å². The molecule has 7 nitrogen and oxygen atoms in total. The van der Waals surface area contributed by atoms with Crippen molar-refractivity contribution in [2.24, 2.45) is 0 Å². The third kappa shape index (κ3) is 4.57. The molecule has 186 valence electrons. The van der Waals surface area contributed by atoms with Crippen LogP contribution in [0.25, 0.3) is 22.6 Å². The molecule has 0 spiro atoms. The minimum absolute atomic E-state index is 0.0959. The number of piperidine rings is 1. The SMILES string of the molecule is CC[C@H]1CCCCN1C(=O)c1ccc(Cn2c(=O)[nH]c3cnc(-c4ccccc4C(C)C)nc32)cc1. The number of aromatic amines is 1. The maximum atomic E-state index is 13.1. The first-order valence-corrected chi connectivity index (χ1v) is 12.9. The van der Waals surface area contributed by atoms with Crippen molar-refractivity contribution < 1.29 is 4.79 Å². The standard InChI is InChI=1S/C29H33N5O2/c1-4-22-9-7-8-16-33(22)28(35)21-14-12-20(13-15-21)18-34-27-25(31-29(34)36)17-30-26(32-27)24-11-6-5-10-23(24)19(2)3/h5-6,10-15,17,19,22H,4,7-9,16,18H2,1-3H3,(H,31,36)/t22-/m0/s1. The van der Waals surface area contributed by atoms with Crippen LogP contribution in [0.15, 0.2) is 59.5 Å². The van der Waals surface area contributed by atoms with Gasteiger partial charge in [-0.2, -0.15) is 0 Å². The Kier molecular flexibility index (Phi) is 6.72. The molecule has 1 amide bonds. The van der Waals surface area contributed by atoms with E-state index >= 15 is 0 Å². The molecule has 0 bridgehead atoms. The predicted octanol–water partition coefficient (Wildman–Crippen LogP) is 5.36. The Morgan fingerprint density at radius 3 is 2.64 bits per heavy atom. The largest absolute Gasteiger partial charge is 0.336 e.